The number of guanidine groups is 1. The standard InChI is InChI=1S/C17H19FN6O4S/c1-3-24-16(19)23-17(2,9-29(24,27)28)11-6-10(4-5-12(11)18)22-15(26)13-7-21-14(25)8-20-13/h4-8H,3,9H2,1-2H3,(H2,19,23)(H,21,25)(H,22,26)/t17-/m0/s1/i3D2. The van der Waals surface area contributed by atoms with E-state index < -0.39 is 51.1 Å². The van der Waals surface area contributed by atoms with Crippen molar-refractivity contribution in [1.82, 2.24) is 14.3 Å². The molecule has 12 heteroatoms. The molecular weight excluding hydrogens is 403 g/mol. The Kier molecular flexibility index (Phi) is 4.46. The molecule has 0 spiro atoms. The third-order valence-electron chi connectivity index (χ3n) is 4.22. The zero-order valence-electron chi connectivity index (χ0n) is 17.4. The molecule has 10 nitrogen and oxygen atoms in total. The highest BCUT2D eigenvalue weighted by Crippen LogP contribution is 2.35. The Hall–Kier alpha value is -3.28. The van der Waals surface area contributed by atoms with E-state index in [1.807, 2.05) is 0 Å². The second-order valence-electron chi connectivity index (χ2n) is 6.43. The molecule has 1 aromatic heterocycles. The van der Waals surface area contributed by atoms with Crippen LogP contribution in [0.4, 0.5) is 10.1 Å². The summed E-state index contributed by atoms with van der Waals surface area (Å²) in [7, 11) is -4.28. The van der Waals surface area contributed by atoms with Gasteiger partial charge in [0.1, 0.15) is 17.1 Å². The van der Waals surface area contributed by atoms with Gasteiger partial charge in [0.2, 0.25) is 16.0 Å². The number of aliphatic imine (C=N–C) groups is 1. The lowest BCUT2D eigenvalue weighted by Gasteiger charge is -2.36. The molecule has 1 aromatic carbocycles. The van der Waals surface area contributed by atoms with E-state index in [0.717, 1.165) is 25.4 Å². The number of carbonyl (C=O) groups is 1. The summed E-state index contributed by atoms with van der Waals surface area (Å²) in [6.45, 7) is 0.0104. The molecule has 1 aliphatic heterocycles. The quantitative estimate of drug-likeness (QED) is 0.645. The van der Waals surface area contributed by atoms with E-state index in [9.17, 15) is 22.4 Å². The Morgan fingerprint density at radius 1 is 1.52 bits per heavy atom. The van der Waals surface area contributed by atoms with Gasteiger partial charge in [-0.3, -0.25) is 9.59 Å². The number of nitrogens with two attached hydrogens (primary N) is 1. The minimum absolute atomic E-state index is 0.0972. The van der Waals surface area contributed by atoms with E-state index >= 15 is 0 Å². The van der Waals surface area contributed by atoms with Crippen LogP contribution < -0.4 is 16.6 Å². The maximum Gasteiger partial charge on any atom is 0.275 e. The third-order valence-corrected chi connectivity index (χ3v) is 6.08. The number of carbonyl (C=O) groups excluding carboxylic acids is 1. The zero-order valence-corrected chi connectivity index (χ0v) is 16.2. The summed E-state index contributed by atoms with van der Waals surface area (Å²) in [6, 6.07) is 3.49. The van der Waals surface area contributed by atoms with E-state index in [1.165, 1.54) is 19.1 Å². The van der Waals surface area contributed by atoms with Crippen LogP contribution in [0.5, 0.6) is 0 Å². The van der Waals surface area contributed by atoms with Crippen LogP contribution in [0.2, 0.25) is 0 Å². The summed E-state index contributed by atoms with van der Waals surface area (Å²) in [5, 5.41) is 2.48. The van der Waals surface area contributed by atoms with Crippen LogP contribution in [0.25, 0.3) is 0 Å². The number of amides is 1. The van der Waals surface area contributed by atoms with Crippen molar-refractivity contribution in [2.24, 2.45) is 10.7 Å². The topological polar surface area (TPSA) is 151 Å². The SMILES string of the molecule is [2H]C([2H])(C)N1C(N)=N[C@](C)(c2cc(NC(=O)c3c[nH]c(=O)cn3)ccc2F)CS1(=O)=O. The largest absolute Gasteiger partial charge is 0.369 e. The summed E-state index contributed by atoms with van der Waals surface area (Å²) >= 11 is 0. The molecule has 0 aliphatic carbocycles. The maximum absolute atomic E-state index is 14.7. The van der Waals surface area contributed by atoms with E-state index in [0.29, 0.717) is 4.31 Å². The first-order valence-corrected chi connectivity index (χ1v) is 9.88. The van der Waals surface area contributed by atoms with Gasteiger partial charge in [0.05, 0.1) is 14.7 Å². The minimum atomic E-state index is -4.28. The number of benzene rings is 1. The van der Waals surface area contributed by atoms with Crippen molar-refractivity contribution < 1.29 is 20.3 Å². The summed E-state index contributed by atoms with van der Waals surface area (Å²) in [5.74, 6) is -2.84. The molecule has 4 N–H and O–H groups in total. The van der Waals surface area contributed by atoms with Crippen molar-refractivity contribution in [2.75, 3.05) is 17.6 Å². The van der Waals surface area contributed by atoms with Crippen molar-refractivity contribution in [3.8, 4) is 0 Å². The predicted molar refractivity (Wildman–Crippen MR) is 104 cm³/mol. The van der Waals surface area contributed by atoms with E-state index in [4.69, 9.17) is 8.48 Å². The Balaban J connectivity index is 2.00. The Labute approximate surface area is 168 Å². The number of halogens is 1. The van der Waals surface area contributed by atoms with Gasteiger partial charge in [0.15, 0.2) is 0 Å². The molecule has 1 atom stereocenters. The van der Waals surface area contributed by atoms with Crippen molar-refractivity contribution >= 4 is 27.6 Å². The average Bonchev–Trinajstić information content (AvgIpc) is 2.60. The number of nitrogens with one attached hydrogen (secondary N) is 2. The minimum Gasteiger partial charge on any atom is -0.369 e. The van der Waals surface area contributed by atoms with E-state index in [2.05, 4.69) is 20.3 Å². The Bertz CT molecular complexity index is 1220. The lowest BCUT2D eigenvalue weighted by atomic mass is 9.93. The monoisotopic (exact) mass is 424 g/mol. The van der Waals surface area contributed by atoms with Crippen LogP contribution in [-0.4, -0.2) is 46.8 Å². The molecule has 0 unspecified atom stereocenters. The number of hydrogen-bond donors (Lipinski definition) is 3. The number of anilines is 1. The summed E-state index contributed by atoms with van der Waals surface area (Å²) in [5.41, 5.74) is 3.43. The van der Waals surface area contributed by atoms with Gasteiger partial charge in [-0.25, -0.2) is 27.1 Å². The lowest BCUT2D eigenvalue weighted by molar-refractivity contribution is 0.102. The van der Waals surface area contributed by atoms with Crippen LogP contribution >= 0.6 is 0 Å². The molecule has 0 saturated heterocycles. The number of H-pyrrole nitrogens is 1. The fourth-order valence-corrected chi connectivity index (χ4v) is 4.63. The van der Waals surface area contributed by atoms with Crippen LogP contribution in [0, 0.1) is 5.82 Å². The molecule has 0 radical (unpaired) electrons. The molecule has 0 fully saturated rings. The fourth-order valence-electron chi connectivity index (χ4n) is 2.96. The average molecular weight is 424 g/mol. The lowest BCUT2D eigenvalue weighted by Crippen LogP contribution is -2.52. The van der Waals surface area contributed by atoms with Gasteiger partial charge in [-0.2, -0.15) is 0 Å². The fraction of sp³-hybridized carbons (Fsp3) is 0.294. The Morgan fingerprint density at radius 2 is 2.24 bits per heavy atom. The second-order valence-corrected chi connectivity index (χ2v) is 8.25. The van der Waals surface area contributed by atoms with Gasteiger partial charge in [-0.05, 0) is 32.0 Å². The van der Waals surface area contributed by atoms with E-state index in [-0.39, 0.29) is 16.9 Å². The summed E-state index contributed by atoms with van der Waals surface area (Å²) in [4.78, 5) is 33.4. The second kappa shape index (κ2) is 7.28. The van der Waals surface area contributed by atoms with Crippen molar-refractivity contribution in [1.29, 1.82) is 0 Å². The highest BCUT2D eigenvalue weighted by molar-refractivity contribution is 7.89. The molecule has 2 aromatic rings. The number of hydrogen-bond acceptors (Lipinski definition) is 7. The van der Waals surface area contributed by atoms with Gasteiger partial charge in [-0.1, -0.05) is 0 Å². The Morgan fingerprint density at radius 3 is 2.83 bits per heavy atom. The van der Waals surface area contributed by atoms with Gasteiger partial charge in [0.25, 0.3) is 11.5 Å². The summed E-state index contributed by atoms with van der Waals surface area (Å²) < 4.78 is 55.8. The molecule has 2 heterocycles. The zero-order chi connectivity index (χ0) is 23.2. The van der Waals surface area contributed by atoms with Crippen LogP contribution in [0.3, 0.4) is 0 Å². The summed E-state index contributed by atoms with van der Waals surface area (Å²) in [6.07, 6.45) is 2.03. The van der Waals surface area contributed by atoms with Crippen molar-refractivity contribution in [2.45, 2.75) is 19.4 Å². The maximum atomic E-state index is 14.7. The number of rotatable bonds is 4. The van der Waals surface area contributed by atoms with Gasteiger partial charge >= 0.3 is 0 Å². The molecule has 1 aliphatic rings. The normalized spacial score (nSPS) is 22.3. The third kappa shape index (κ3) is 3.97. The van der Waals surface area contributed by atoms with Gasteiger partial charge in [-0.15, -0.1) is 0 Å². The number of sulfonamides is 1. The predicted octanol–water partition coefficient (Wildman–Crippen LogP) is 0.356. The highest BCUT2D eigenvalue weighted by Gasteiger charge is 2.42. The first-order valence-electron chi connectivity index (χ1n) is 9.27. The molecule has 154 valence electrons. The smallest absolute Gasteiger partial charge is 0.275 e. The first kappa shape index (κ1) is 17.8. The molecular formula is C17H19FN6O4S. The van der Waals surface area contributed by atoms with E-state index in [1.54, 1.807) is 0 Å². The first-order chi connectivity index (χ1) is 14.2. The number of aromatic amines is 1. The molecule has 3 rings (SSSR count). The van der Waals surface area contributed by atoms with Crippen molar-refractivity contribution in [3.05, 3.63) is 58.0 Å². The molecule has 0 saturated carbocycles. The van der Waals surface area contributed by atoms with Crippen LogP contribution in [0.15, 0.2) is 40.4 Å². The molecule has 1 amide bonds. The van der Waals surface area contributed by atoms with Crippen molar-refractivity contribution in [3.63, 3.8) is 0 Å². The van der Waals surface area contributed by atoms with Gasteiger partial charge < -0.3 is 16.0 Å². The van der Waals surface area contributed by atoms with Crippen LogP contribution in [-0.2, 0) is 15.6 Å². The van der Waals surface area contributed by atoms with Crippen LogP contribution in [0.1, 0.15) is 32.6 Å². The highest BCUT2D eigenvalue weighted by atomic mass is 32.2. The van der Waals surface area contributed by atoms with Gasteiger partial charge in [0, 0.05) is 23.9 Å². The molecule has 29 heavy (non-hydrogen) atoms. The number of nitrogens with zero attached hydrogens (tertiary/aromatic N) is 3. The number of aromatic nitrogens is 2. The molecule has 0 bridgehead atoms.